The number of hydrogen-bond donors (Lipinski definition) is 1. The number of aromatic nitrogens is 2. The van der Waals surface area contributed by atoms with Gasteiger partial charge in [-0.05, 0) is 25.7 Å². The van der Waals surface area contributed by atoms with Crippen LogP contribution in [-0.2, 0) is 17.8 Å². The van der Waals surface area contributed by atoms with Gasteiger partial charge in [-0.3, -0.25) is 14.5 Å². The van der Waals surface area contributed by atoms with E-state index in [1.807, 2.05) is 11.8 Å². The standard InChI is InChI=1S/C20H30N4O2/c1-2-5-18(25)24-10-8-14(12-24)19-21-17-9-11-23(15-6-3-4-7-15)13-16(17)20(26)22-19/h14-15H,2-13H2,1H3,(H,21,22,26)/t14-/m0/s1. The predicted octanol–water partition coefficient (Wildman–Crippen LogP) is 2.19. The second-order valence-corrected chi connectivity index (χ2v) is 8.11. The summed E-state index contributed by atoms with van der Waals surface area (Å²) in [5.41, 5.74) is 1.88. The van der Waals surface area contributed by atoms with Gasteiger partial charge < -0.3 is 9.88 Å². The van der Waals surface area contributed by atoms with Gasteiger partial charge in [0.1, 0.15) is 5.82 Å². The smallest absolute Gasteiger partial charge is 0.255 e. The van der Waals surface area contributed by atoms with Crippen molar-refractivity contribution < 1.29 is 4.79 Å². The number of rotatable bonds is 4. The van der Waals surface area contributed by atoms with E-state index >= 15 is 0 Å². The Balaban J connectivity index is 1.48. The Morgan fingerprint density at radius 1 is 1.23 bits per heavy atom. The molecule has 1 amide bonds. The van der Waals surface area contributed by atoms with Gasteiger partial charge in [0.25, 0.3) is 5.56 Å². The van der Waals surface area contributed by atoms with E-state index in [2.05, 4.69) is 9.88 Å². The van der Waals surface area contributed by atoms with E-state index in [0.29, 0.717) is 19.0 Å². The summed E-state index contributed by atoms with van der Waals surface area (Å²) >= 11 is 0. The van der Waals surface area contributed by atoms with E-state index in [1.54, 1.807) is 0 Å². The Kier molecular flexibility index (Phi) is 5.11. The molecule has 0 radical (unpaired) electrons. The van der Waals surface area contributed by atoms with Crippen molar-refractivity contribution >= 4 is 5.91 Å². The summed E-state index contributed by atoms with van der Waals surface area (Å²) in [6.07, 6.45) is 8.42. The van der Waals surface area contributed by atoms with Crippen LogP contribution in [0.5, 0.6) is 0 Å². The highest BCUT2D eigenvalue weighted by atomic mass is 16.2. The molecule has 3 aliphatic rings. The van der Waals surface area contributed by atoms with Crippen LogP contribution >= 0.6 is 0 Å². The molecule has 0 unspecified atom stereocenters. The van der Waals surface area contributed by atoms with Crippen LogP contribution in [0.1, 0.15) is 74.9 Å². The summed E-state index contributed by atoms with van der Waals surface area (Å²) < 4.78 is 0. The molecule has 1 saturated carbocycles. The van der Waals surface area contributed by atoms with Gasteiger partial charge in [0.05, 0.1) is 11.3 Å². The van der Waals surface area contributed by atoms with Crippen molar-refractivity contribution in [3.05, 3.63) is 27.4 Å². The number of likely N-dealkylation sites (tertiary alicyclic amines) is 1. The fourth-order valence-corrected chi connectivity index (χ4v) is 4.82. The first-order valence-electron chi connectivity index (χ1n) is 10.3. The molecule has 0 spiro atoms. The Hall–Kier alpha value is -1.69. The lowest BCUT2D eigenvalue weighted by Gasteiger charge is -2.32. The first-order chi connectivity index (χ1) is 12.7. The zero-order chi connectivity index (χ0) is 18.1. The lowest BCUT2D eigenvalue weighted by molar-refractivity contribution is -0.130. The second-order valence-electron chi connectivity index (χ2n) is 8.11. The molecule has 2 fully saturated rings. The first-order valence-corrected chi connectivity index (χ1v) is 10.3. The molecule has 1 atom stereocenters. The van der Waals surface area contributed by atoms with Crippen LogP contribution in [0.15, 0.2) is 4.79 Å². The van der Waals surface area contributed by atoms with Crippen molar-refractivity contribution in [2.45, 2.75) is 76.8 Å². The summed E-state index contributed by atoms with van der Waals surface area (Å²) in [6, 6.07) is 0.648. The number of aromatic amines is 1. The minimum atomic E-state index is 0.0334. The van der Waals surface area contributed by atoms with Crippen LogP contribution in [0.4, 0.5) is 0 Å². The summed E-state index contributed by atoms with van der Waals surface area (Å²) in [5, 5.41) is 0. The van der Waals surface area contributed by atoms with Crippen LogP contribution in [0.2, 0.25) is 0 Å². The monoisotopic (exact) mass is 358 g/mol. The molecule has 1 aromatic rings. The molecule has 1 aromatic heterocycles. The molecule has 0 bridgehead atoms. The summed E-state index contributed by atoms with van der Waals surface area (Å²) in [7, 11) is 0. The fourth-order valence-electron chi connectivity index (χ4n) is 4.82. The topological polar surface area (TPSA) is 69.3 Å². The zero-order valence-corrected chi connectivity index (χ0v) is 15.8. The van der Waals surface area contributed by atoms with Gasteiger partial charge in [-0.2, -0.15) is 0 Å². The van der Waals surface area contributed by atoms with Gasteiger partial charge in [-0.25, -0.2) is 4.98 Å². The molecule has 26 heavy (non-hydrogen) atoms. The maximum atomic E-state index is 12.7. The highest BCUT2D eigenvalue weighted by Gasteiger charge is 2.31. The van der Waals surface area contributed by atoms with Gasteiger partial charge in [0.2, 0.25) is 5.91 Å². The van der Waals surface area contributed by atoms with E-state index in [9.17, 15) is 9.59 Å². The Bertz CT molecular complexity index is 723. The van der Waals surface area contributed by atoms with E-state index in [-0.39, 0.29) is 17.4 Å². The van der Waals surface area contributed by atoms with Crippen molar-refractivity contribution in [1.29, 1.82) is 0 Å². The average Bonchev–Trinajstić information content (AvgIpc) is 3.34. The molecule has 142 valence electrons. The fraction of sp³-hybridized carbons (Fsp3) is 0.750. The van der Waals surface area contributed by atoms with Crippen molar-refractivity contribution in [3.8, 4) is 0 Å². The SMILES string of the molecule is CCCC(=O)N1CC[C@H](c2nc3c(c(=O)[nH]2)CN(C2CCCC2)CC3)C1. The minimum Gasteiger partial charge on any atom is -0.342 e. The third-order valence-electron chi connectivity index (χ3n) is 6.35. The zero-order valence-electron chi connectivity index (χ0n) is 15.8. The van der Waals surface area contributed by atoms with E-state index in [0.717, 1.165) is 56.0 Å². The van der Waals surface area contributed by atoms with Gasteiger partial charge in [0.15, 0.2) is 0 Å². The summed E-state index contributed by atoms with van der Waals surface area (Å²) in [6.45, 7) is 5.26. The van der Waals surface area contributed by atoms with Crippen molar-refractivity contribution in [3.63, 3.8) is 0 Å². The van der Waals surface area contributed by atoms with E-state index in [1.165, 1.54) is 25.7 Å². The number of H-pyrrole nitrogens is 1. The van der Waals surface area contributed by atoms with Crippen LogP contribution in [0.3, 0.4) is 0 Å². The van der Waals surface area contributed by atoms with Crippen LogP contribution in [-0.4, -0.2) is 51.4 Å². The number of nitrogens with one attached hydrogen (secondary N) is 1. The third-order valence-corrected chi connectivity index (χ3v) is 6.35. The molecule has 6 heteroatoms. The number of amides is 1. The molecular weight excluding hydrogens is 328 g/mol. The second kappa shape index (κ2) is 7.51. The van der Waals surface area contributed by atoms with Crippen molar-refractivity contribution in [2.75, 3.05) is 19.6 Å². The number of carbonyl (C=O) groups is 1. The Labute approximate surface area is 155 Å². The Morgan fingerprint density at radius 3 is 2.81 bits per heavy atom. The van der Waals surface area contributed by atoms with Crippen molar-refractivity contribution in [1.82, 2.24) is 19.8 Å². The van der Waals surface area contributed by atoms with E-state index in [4.69, 9.17) is 4.98 Å². The van der Waals surface area contributed by atoms with Gasteiger partial charge >= 0.3 is 0 Å². The lowest BCUT2D eigenvalue weighted by atomic mass is 10.0. The third kappa shape index (κ3) is 3.43. The van der Waals surface area contributed by atoms with Crippen LogP contribution in [0.25, 0.3) is 0 Å². The Morgan fingerprint density at radius 2 is 2.04 bits per heavy atom. The predicted molar refractivity (Wildman–Crippen MR) is 100 cm³/mol. The van der Waals surface area contributed by atoms with Crippen molar-refractivity contribution in [2.24, 2.45) is 0 Å². The highest BCUT2D eigenvalue weighted by molar-refractivity contribution is 5.76. The molecule has 1 saturated heterocycles. The number of carbonyl (C=O) groups excluding carboxylic acids is 1. The average molecular weight is 358 g/mol. The van der Waals surface area contributed by atoms with Crippen LogP contribution in [0, 0.1) is 0 Å². The largest absolute Gasteiger partial charge is 0.342 e. The van der Waals surface area contributed by atoms with Gasteiger partial charge in [-0.15, -0.1) is 0 Å². The van der Waals surface area contributed by atoms with Crippen LogP contribution < -0.4 is 5.56 Å². The molecule has 4 rings (SSSR count). The highest BCUT2D eigenvalue weighted by Crippen LogP contribution is 2.29. The molecule has 1 aliphatic carbocycles. The molecule has 3 heterocycles. The normalized spacial score (nSPS) is 24.2. The lowest BCUT2D eigenvalue weighted by Crippen LogP contribution is -2.41. The molecule has 1 N–H and O–H groups in total. The number of fused-ring (bicyclic) bond motifs is 1. The molecule has 2 aliphatic heterocycles. The summed E-state index contributed by atoms with van der Waals surface area (Å²) in [4.78, 5) is 37.1. The number of hydrogen-bond acceptors (Lipinski definition) is 4. The molecule has 6 nitrogen and oxygen atoms in total. The maximum Gasteiger partial charge on any atom is 0.255 e. The quantitative estimate of drug-likeness (QED) is 0.896. The molecular formula is C20H30N4O2. The first kappa shape index (κ1) is 17.7. The van der Waals surface area contributed by atoms with Gasteiger partial charge in [0, 0.05) is 51.0 Å². The maximum absolute atomic E-state index is 12.7. The van der Waals surface area contributed by atoms with Gasteiger partial charge in [-0.1, -0.05) is 19.8 Å². The number of nitrogens with zero attached hydrogens (tertiary/aromatic N) is 3. The minimum absolute atomic E-state index is 0.0334. The summed E-state index contributed by atoms with van der Waals surface area (Å²) in [5.74, 6) is 1.18. The van der Waals surface area contributed by atoms with E-state index < -0.39 is 0 Å². The molecule has 0 aromatic carbocycles.